The Balaban J connectivity index is 1.89. The van der Waals surface area contributed by atoms with Crippen molar-refractivity contribution in [2.45, 2.75) is 44.7 Å². The number of carboxylic acid groups (broad SMARTS) is 1. The highest BCUT2D eigenvalue weighted by Crippen LogP contribution is 2.22. The minimum Gasteiger partial charge on any atom is -0.481 e. The number of amides is 1. The first-order valence-electron chi connectivity index (χ1n) is 7.47. The highest BCUT2D eigenvalue weighted by molar-refractivity contribution is 5.78. The average molecular weight is 284 g/mol. The molecule has 1 saturated heterocycles. The highest BCUT2D eigenvalue weighted by Gasteiger charge is 2.39. The van der Waals surface area contributed by atoms with E-state index in [0.717, 1.165) is 6.42 Å². The molecule has 0 aromatic heterocycles. The van der Waals surface area contributed by atoms with Crippen LogP contribution in [0.2, 0.25) is 0 Å². The Kier molecular flexibility index (Phi) is 5.37. The number of rotatable bonds is 8. The zero-order valence-electron chi connectivity index (χ0n) is 12.0. The molecule has 2 atom stereocenters. The third-order valence-corrected chi connectivity index (χ3v) is 3.90. The first kappa shape index (κ1) is 15.3. The molecule has 1 saturated carbocycles. The number of hydrogen-bond donors (Lipinski definition) is 2. The fourth-order valence-corrected chi connectivity index (χ4v) is 2.62. The number of carbonyl (C=O) groups is 2. The van der Waals surface area contributed by atoms with Gasteiger partial charge < -0.3 is 20.1 Å². The number of carbonyl (C=O) groups excluding carboxylic acids is 1. The minimum atomic E-state index is -0.877. The molecule has 6 nitrogen and oxygen atoms in total. The summed E-state index contributed by atoms with van der Waals surface area (Å²) in [6.45, 7) is 3.80. The Morgan fingerprint density at radius 1 is 1.35 bits per heavy atom. The number of nitrogens with zero attached hydrogens (tertiary/aromatic N) is 1. The molecule has 0 aromatic carbocycles. The van der Waals surface area contributed by atoms with Crippen LogP contribution in [0.4, 0.5) is 0 Å². The Morgan fingerprint density at radius 3 is 2.70 bits per heavy atom. The van der Waals surface area contributed by atoms with E-state index in [1.165, 1.54) is 12.8 Å². The van der Waals surface area contributed by atoms with Gasteiger partial charge in [-0.05, 0) is 19.3 Å². The van der Waals surface area contributed by atoms with Crippen LogP contribution in [-0.2, 0) is 14.3 Å². The molecule has 0 bridgehead atoms. The lowest BCUT2D eigenvalue weighted by atomic mass is 10.0. The first-order chi connectivity index (χ1) is 9.63. The van der Waals surface area contributed by atoms with Crippen LogP contribution in [0.25, 0.3) is 0 Å². The summed E-state index contributed by atoms with van der Waals surface area (Å²) in [5.74, 6) is -1.44. The van der Waals surface area contributed by atoms with E-state index in [4.69, 9.17) is 4.74 Å². The molecule has 0 spiro atoms. The maximum Gasteiger partial charge on any atom is 0.311 e. The van der Waals surface area contributed by atoms with Gasteiger partial charge in [-0.2, -0.15) is 0 Å². The van der Waals surface area contributed by atoms with E-state index in [9.17, 15) is 14.7 Å². The van der Waals surface area contributed by atoms with Gasteiger partial charge in [0, 0.05) is 25.6 Å². The molecule has 6 heteroatoms. The van der Waals surface area contributed by atoms with Crippen LogP contribution in [-0.4, -0.2) is 60.3 Å². The number of ether oxygens (including phenoxy) is 1. The maximum atomic E-state index is 12.3. The van der Waals surface area contributed by atoms with Gasteiger partial charge in [0.2, 0.25) is 5.91 Å². The van der Waals surface area contributed by atoms with E-state index in [0.29, 0.717) is 32.2 Å². The van der Waals surface area contributed by atoms with Crippen molar-refractivity contribution in [2.75, 3.05) is 26.3 Å². The second-order valence-electron chi connectivity index (χ2n) is 5.62. The van der Waals surface area contributed by atoms with Crippen molar-refractivity contribution in [1.29, 1.82) is 0 Å². The quantitative estimate of drug-likeness (QED) is 0.677. The summed E-state index contributed by atoms with van der Waals surface area (Å²) >= 11 is 0. The lowest BCUT2D eigenvalue weighted by molar-refractivity contribution is -0.145. The third kappa shape index (κ3) is 3.93. The normalized spacial score (nSPS) is 25.6. The summed E-state index contributed by atoms with van der Waals surface area (Å²) in [6, 6.07) is 0.268. The van der Waals surface area contributed by atoms with Crippen molar-refractivity contribution in [3.8, 4) is 0 Å². The molecule has 0 radical (unpaired) electrons. The molecule has 20 heavy (non-hydrogen) atoms. The van der Waals surface area contributed by atoms with Crippen LogP contribution < -0.4 is 5.32 Å². The second kappa shape index (κ2) is 7.04. The van der Waals surface area contributed by atoms with Crippen LogP contribution in [0, 0.1) is 5.92 Å². The van der Waals surface area contributed by atoms with Gasteiger partial charge in [-0.15, -0.1) is 0 Å². The zero-order valence-corrected chi connectivity index (χ0v) is 12.0. The van der Waals surface area contributed by atoms with Crippen LogP contribution in [0.3, 0.4) is 0 Å². The SMILES string of the molecule is CCCN(C(=O)CCNC1CC1)C1COCC1C(=O)O. The molecule has 2 fully saturated rings. The van der Waals surface area contributed by atoms with Crippen LogP contribution in [0.15, 0.2) is 0 Å². The molecule has 1 heterocycles. The Bertz CT molecular complexity index is 357. The molecule has 114 valence electrons. The van der Waals surface area contributed by atoms with E-state index >= 15 is 0 Å². The zero-order chi connectivity index (χ0) is 14.5. The number of hydrogen-bond acceptors (Lipinski definition) is 4. The highest BCUT2D eigenvalue weighted by atomic mass is 16.5. The fraction of sp³-hybridized carbons (Fsp3) is 0.857. The van der Waals surface area contributed by atoms with Gasteiger partial charge in [-0.3, -0.25) is 9.59 Å². The number of aliphatic carboxylic acids is 1. The molecular weight excluding hydrogens is 260 g/mol. The van der Waals surface area contributed by atoms with E-state index in [1.54, 1.807) is 4.90 Å². The topological polar surface area (TPSA) is 78.9 Å². The van der Waals surface area contributed by atoms with E-state index < -0.39 is 11.9 Å². The maximum absolute atomic E-state index is 12.3. The Labute approximate surface area is 119 Å². The molecule has 2 rings (SSSR count). The van der Waals surface area contributed by atoms with Gasteiger partial charge in [-0.25, -0.2) is 0 Å². The van der Waals surface area contributed by atoms with E-state index in [1.807, 2.05) is 6.92 Å². The lowest BCUT2D eigenvalue weighted by Crippen LogP contribution is -2.47. The van der Waals surface area contributed by atoms with Gasteiger partial charge >= 0.3 is 5.97 Å². The molecule has 2 aliphatic rings. The van der Waals surface area contributed by atoms with E-state index in [2.05, 4.69) is 5.32 Å². The van der Waals surface area contributed by atoms with Gasteiger partial charge in [0.25, 0.3) is 0 Å². The second-order valence-corrected chi connectivity index (χ2v) is 5.62. The Morgan fingerprint density at radius 2 is 2.10 bits per heavy atom. The predicted octanol–water partition coefficient (Wildman–Crippen LogP) is 0.467. The molecule has 1 amide bonds. The van der Waals surface area contributed by atoms with Gasteiger partial charge in [0.1, 0.15) is 5.92 Å². The summed E-state index contributed by atoms with van der Waals surface area (Å²) in [4.78, 5) is 25.3. The molecule has 2 N–H and O–H groups in total. The van der Waals surface area contributed by atoms with Crippen LogP contribution in [0.5, 0.6) is 0 Å². The number of carboxylic acids is 1. The van der Waals surface area contributed by atoms with Gasteiger partial charge in [0.15, 0.2) is 0 Å². The van der Waals surface area contributed by atoms with Crippen LogP contribution >= 0.6 is 0 Å². The van der Waals surface area contributed by atoms with Crippen molar-refractivity contribution in [1.82, 2.24) is 10.2 Å². The predicted molar refractivity (Wildman–Crippen MR) is 73.4 cm³/mol. The largest absolute Gasteiger partial charge is 0.481 e. The first-order valence-corrected chi connectivity index (χ1v) is 7.47. The summed E-state index contributed by atoms with van der Waals surface area (Å²) in [5, 5.41) is 12.5. The summed E-state index contributed by atoms with van der Waals surface area (Å²) in [5.41, 5.74) is 0. The van der Waals surface area contributed by atoms with Crippen molar-refractivity contribution in [2.24, 2.45) is 5.92 Å². The van der Waals surface area contributed by atoms with Crippen molar-refractivity contribution >= 4 is 11.9 Å². The van der Waals surface area contributed by atoms with Crippen molar-refractivity contribution < 1.29 is 19.4 Å². The van der Waals surface area contributed by atoms with Crippen molar-refractivity contribution in [3.63, 3.8) is 0 Å². The van der Waals surface area contributed by atoms with Crippen LogP contribution in [0.1, 0.15) is 32.6 Å². The monoisotopic (exact) mass is 284 g/mol. The minimum absolute atomic E-state index is 0.0294. The van der Waals surface area contributed by atoms with Gasteiger partial charge in [-0.1, -0.05) is 6.92 Å². The molecule has 0 aromatic rings. The molecular formula is C14H24N2O4. The smallest absolute Gasteiger partial charge is 0.311 e. The third-order valence-electron chi connectivity index (χ3n) is 3.90. The van der Waals surface area contributed by atoms with Crippen molar-refractivity contribution in [3.05, 3.63) is 0 Å². The average Bonchev–Trinajstić information content (AvgIpc) is 3.10. The Hall–Kier alpha value is -1.14. The number of nitrogens with one attached hydrogen (secondary N) is 1. The lowest BCUT2D eigenvalue weighted by Gasteiger charge is -2.30. The molecule has 1 aliphatic carbocycles. The summed E-state index contributed by atoms with van der Waals surface area (Å²) < 4.78 is 5.27. The fourth-order valence-electron chi connectivity index (χ4n) is 2.62. The summed E-state index contributed by atoms with van der Waals surface area (Å²) in [7, 11) is 0. The molecule has 2 unspecified atom stereocenters. The van der Waals surface area contributed by atoms with Gasteiger partial charge in [0.05, 0.1) is 19.3 Å². The van der Waals surface area contributed by atoms with E-state index in [-0.39, 0.29) is 18.6 Å². The molecule has 1 aliphatic heterocycles. The summed E-state index contributed by atoms with van der Waals surface area (Å²) in [6.07, 6.45) is 3.65. The standard InChI is InChI=1S/C14H24N2O4/c1-2-7-16(12-9-20-8-11(12)14(18)19)13(17)5-6-15-10-3-4-10/h10-12,15H,2-9H2,1H3,(H,18,19).